The highest BCUT2D eigenvalue weighted by atomic mass is 16.6. The van der Waals surface area contributed by atoms with E-state index in [4.69, 9.17) is 9.47 Å². The van der Waals surface area contributed by atoms with Gasteiger partial charge in [-0.25, -0.2) is 4.79 Å². The largest absolute Gasteiger partial charge is 0.444 e. The van der Waals surface area contributed by atoms with E-state index in [0.29, 0.717) is 12.0 Å². The highest BCUT2D eigenvalue weighted by molar-refractivity contribution is 5.68. The van der Waals surface area contributed by atoms with Crippen molar-refractivity contribution in [1.29, 1.82) is 0 Å². The molecular weight excluding hydrogens is 280 g/mol. The minimum absolute atomic E-state index is 0.183. The number of likely N-dealkylation sites (tertiary alicyclic amines) is 1. The van der Waals surface area contributed by atoms with Crippen LogP contribution in [0.5, 0.6) is 0 Å². The molecule has 0 aliphatic carbocycles. The van der Waals surface area contributed by atoms with E-state index in [1.807, 2.05) is 25.7 Å². The summed E-state index contributed by atoms with van der Waals surface area (Å²) >= 11 is 0. The van der Waals surface area contributed by atoms with Crippen LogP contribution in [0.15, 0.2) is 0 Å². The zero-order valence-corrected chi connectivity index (χ0v) is 14.6. The smallest absolute Gasteiger partial charge is 0.410 e. The van der Waals surface area contributed by atoms with E-state index >= 15 is 0 Å². The van der Waals surface area contributed by atoms with E-state index < -0.39 is 5.60 Å². The summed E-state index contributed by atoms with van der Waals surface area (Å²) in [6.45, 7) is 11.5. The van der Waals surface area contributed by atoms with Crippen LogP contribution in [0.4, 0.5) is 4.79 Å². The Morgan fingerprint density at radius 1 is 1.27 bits per heavy atom. The van der Waals surface area contributed by atoms with Gasteiger partial charge in [0.2, 0.25) is 0 Å². The van der Waals surface area contributed by atoms with Gasteiger partial charge in [0.05, 0.1) is 0 Å². The summed E-state index contributed by atoms with van der Waals surface area (Å²) in [5.41, 5.74) is -0.431. The fourth-order valence-corrected chi connectivity index (χ4v) is 3.26. The van der Waals surface area contributed by atoms with Crippen LogP contribution in [0, 0.1) is 5.92 Å². The Labute approximate surface area is 134 Å². The summed E-state index contributed by atoms with van der Waals surface area (Å²) in [5.74, 6) is 0.706. The Kier molecular flexibility index (Phi) is 6.09. The first kappa shape index (κ1) is 17.5. The second kappa shape index (κ2) is 7.64. The number of carbonyl (C=O) groups excluding carboxylic acids is 1. The first-order valence-corrected chi connectivity index (χ1v) is 8.67. The highest BCUT2D eigenvalue weighted by Crippen LogP contribution is 2.22. The number of hydrogen-bond donors (Lipinski definition) is 1. The monoisotopic (exact) mass is 312 g/mol. The summed E-state index contributed by atoms with van der Waals surface area (Å²) in [7, 11) is 0. The zero-order chi connectivity index (χ0) is 16.2. The molecule has 5 nitrogen and oxygen atoms in total. The number of ether oxygens (including phenoxy) is 2. The molecule has 2 aliphatic rings. The molecule has 0 aromatic rings. The van der Waals surface area contributed by atoms with Gasteiger partial charge in [0.1, 0.15) is 5.60 Å². The maximum absolute atomic E-state index is 12.3. The van der Waals surface area contributed by atoms with Gasteiger partial charge in [-0.05, 0) is 65.8 Å². The average molecular weight is 312 g/mol. The van der Waals surface area contributed by atoms with Crippen LogP contribution in [-0.2, 0) is 9.47 Å². The molecule has 5 heteroatoms. The number of carbonyl (C=O) groups is 1. The molecule has 2 unspecified atom stereocenters. The highest BCUT2D eigenvalue weighted by Gasteiger charge is 2.33. The average Bonchev–Trinajstić information content (AvgIpc) is 2.45. The molecule has 0 aromatic carbocycles. The second-order valence-electron chi connectivity index (χ2n) is 7.63. The predicted molar refractivity (Wildman–Crippen MR) is 87.0 cm³/mol. The van der Waals surface area contributed by atoms with E-state index in [1.54, 1.807) is 0 Å². The predicted octanol–water partition coefficient (Wildman–Crippen LogP) is 2.79. The molecule has 0 radical (unpaired) electrons. The van der Waals surface area contributed by atoms with E-state index in [1.165, 1.54) is 0 Å². The summed E-state index contributed by atoms with van der Waals surface area (Å²) in [4.78, 5) is 14.2. The van der Waals surface area contributed by atoms with Crippen molar-refractivity contribution >= 4 is 6.09 Å². The number of piperidine rings is 1. The van der Waals surface area contributed by atoms with Gasteiger partial charge in [-0.1, -0.05) is 0 Å². The van der Waals surface area contributed by atoms with Crippen molar-refractivity contribution in [2.45, 2.75) is 71.1 Å². The van der Waals surface area contributed by atoms with Crippen LogP contribution in [-0.4, -0.2) is 55.0 Å². The summed E-state index contributed by atoms with van der Waals surface area (Å²) in [5, 5.41) is 3.68. The lowest BCUT2D eigenvalue weighted by atomic mass is 9.95. The van der Waals surface area contributed by atoms with Gasteiger partial charge < -0.3 is 19.7 Å². The van der Waals surface area contributed by atoms with Crippen molar-refractivity contribution in [2.75, 3.05) is 26.3 Å². The van der Waals surface area contributed by atoms with E-state index in [-0.39, 0.29) is 12.1 Å². The molecule has 22 heavy (non-hydrogen) atoms. The van der Waals surface area contributed by atoms with Gasteiger partial charge in [0.25, 0.3) is 0 Å². The Balaban J connectivity index is 1.83. The molecule has 2 atom stereocenters. The molecule has 0 spiro atoms. The Morgan fingerprint density at radius 2 is 1.95 bits per heavy atom. The third-order valence-electron chi connectivity index (χ3n) is 4.63. The molecule has 2 aliphatic heterocycles. The van der Waals surface area contributed by atoms with Gasteiger partial charge in [0, 0.05) is 31.8 Å². The Morgan fingerprint density at radius 3 is 2.59 bits per heavy atom. The van der Waals surface area contributed by atoms with Gasteiger partial charge in [0.15, 0.2) is 0 Å². The van der Waals surface area contributed by atoms with Crippen LogP contribution < -0.4 is 5.32 Å². The number of rotatable bonds is 3. The van der Waals surface area contributed by atoms with Crippen molar-refractivity contribution < 1.29 is 14.3 Å². The maximum Gasteiger partial charge on any atom is 0.410 e. The molecule has 0 saturated carbocycles. The number of amides is 1. The quantitative estimate of drug-likeness (QED) is 0.870. The molecule has 2 saturated heterocycles. The third kappa shape index (κ3) is 5.13. The lowest BCUT2D eigenvalue weighted by Gasteiger charge is -2.40. The molecule has 1 N–H and O–H groups in total. The zero-order valence-electron chi connectivity index (χ0n) is 14.6. The maximum atomic E-state index is 12.3. The fraction of sp³-hybridized carbons (Fsp3) is 0.941. The number of nitrogens with zero attached hydrogens (tertiary/aromatic N) is 1. The normalized spacial score (nSPS) is 27.7. The first-order valence-electron chi connectivity index (χ1n) is 8.67. The van der Waals surface area contributed by atoms with Crippen molar-refractivity contribution in [1.82, 2.24) is 10.2 Å². The second-order valence-corrected chi connectivity index (χ2v) is 7.63. The fourth-order valence-electron chi connectivity index (χ4n) is 3.26. The first-order chi connectivity index (χ1) is 10.4. The molecule has 1 amide bonds. The molecular formula is C17H32N2O3. The van der Waals surface area contributed by atoms with Gasteiger partial charge in [-0.2, -0.15) is 0 Å². The van der Waals surface area contributed by atoms with Crippen LogP contribution in [0.2, 0.25) is 0 Å². The summed E-state index contributed by atoms with van der Waals surface area (Å²) in [6, 6.07) is 0.549. The summed E-state index contributed by atoms with van der Waals surface area (Å²) in [6.07, 6.45) is 4.27. The molecule has 0 bridgehead atoms. The topological polar surface area (TPSA) is 50.8 Å². The Hall–Kier alpha value is -0.810. The van der Waals surface area contributed by atoms with E-state index in [0.717, 1.165) is 52.0 Å². The van der Waals surface area contributed by atoms with Crippen LogP contribution in [0.3, 0.4) is 0 Å². The van der Waals surface area contributed by atoms with Crippen molar-refractivity contribution in [3.8, 4) is 0 Å². The van der Waals surface area contributed by atoms with E-state index in [9.17, 15) is 4.79 Å². The SMILES string of the molecule is CC1C(NCC2CCOCC2)CCCN1C(=O)OC(C)(C)C. The minimum atomic E-state index is -0.431. The molecule has 2 heterocycles. The standard InChI is InChI=1S/C17H32N2O3/c1-13-15(18-12-14-7-10-21-11-8-14)6-5-9-19(13)16(20)22-17(2,3)4/h13-15,18H,5-12H2,1-4H3. The molecule has 128 valence electrons. The summed E-state index contributed by atoms with van der Waals surface area (Å²) < 4.78 is 10.9. The van der Waals surface area contributed by atoms with Crippen molar-refractivity contribution in [3.63, 3.8) is 0 Å². The molecule has 2 fully saturated rings. The van der Waals surface area contributed by atoms with Crippen LogP contribution in [0.25, 0.3) is 0 Å². The van der Waals surface area contributed by atoms with Gasteiger partial charge >= 0.3 is 6.09 Å². The van der Waals surface area contributed by atoms with E-state index in [2.05, 4.69) is 12.2 Å². The third-order valence-corrected chi connectivity index (χ3v) is 4.63. The van der Waals surface area contributed by atoms with Crippen LogP contribution in [0.1, 0.15) is 53.4 Å². The van der Waals surface area contributed by atoms with Gasteiger partial charge in [-0.3, -0.25) is 0 Å². The molecule has 0 aromatic heterocycles. The lowest BCUT2D eigenvalue weighted by molar-refractivity contribution is 0.00622. The van der Waals surface area contributed by atoms with Crippen molar-refractivity contribution in [2.24, 2.45) is 5.92 Å². The number of nitrogens with one attached hydrogen (secondary N) is 1. The minimum Gasteiger partial charge on any atom is -0.444 e. The van der Waals surface area contributed by atoms with Gasteiger partial charge in [-0.15, -0.1) is 0 Å². The lowest BCUT2D eigenvalue weighted by Crippen LogP contribution is -2.56. The Bertz CT molecular complexity index is 361. The van der Waals surface area contributed by atoms with Crippen molar-refractivity contribution in [3.05, 3.63) is 0 Å². The molecule has 2 rings (SSSR count). The van der Waals surface area contributed by atoms with Crippen LogP contribution >= 0.6 is 0 Å². The number of hydrogen-bond acceptors (Lipinski definition) is 4.